The topological polar surface area (TPSA) is 101 Å². The molecule has 138 valence electrons. The molecule has 1 saturated heterocycles. The first-order valence-corrected chi connectivity index (χ1v) is 10.4. The molecule has 2 aromatic rings. The average molecular weight is 374 g/mol. The lowest BCUT2D eigenvalue weighted by molar-refractivity contribution is 0.102. The lowest BCUT2D eigenvalue weighted by Crippen LogP contribution is -2.23. The van der Waals surface area contributed by atoms with Gasteiger partial charge in [-0.3, -0.25) is 4.79 Å². The number of nitrogens with zero attached hydrogens (tertiary/aromatic N) is 2. The molecule has 8 heteroatoms. The first-order chi connectivity index (χ1) is 12.4. The van der Waals surface area contributed by atoms with Gasteiger partial charge in [0.05, 0.1) is 11.5 Å². The van der Waals surface area contributed by atoms with Gasteiger partial charge in [-0.1, -0.05) is 25.1 Å². The molecule has 1 unspecified atom stereocenters. The lowest BCUT2D eigenvalue weighted by atomic mass is 10.1. The number of rotatable bonds is 5. The first kappa shape index (κ1) is 18.3. The van der Waals surface area contributed by atoms with Crippen molar-refractivity contribution in [3.8, 4) is 0 Å². The molecule has 0 bridgehead atoms. The quantitative estimate of drug-likeness (QED) is 0.832. The van der Waals surface area contributed by atoms with Crippen molar-refractivity contribution < 1.29 is 13.2 Å². The Bertz CT molecular complexity index is 928. The number of nitrogens with one attached hydrogen (secondary N) is 2. The van der Waals surface area contributed by atoms with Gasteiger partial charge < -0.3 is 10.6 Å². The molecule has 1 aromatic heterocycles. The molecule has 1 aromatic carbocycles. The maximum atomic E-state index is 12.6. The Kier molecular flexibility index (Phi) is 5.22. The summed E-state index contributed by atoms with van der Waals surface area (Å²) in [5.41, 5.74) is 3.08. The summed E-state index contributed by atoms with van der Waals surface area (Å²) >= 11 is 0. The van der Waals surface area contributed by atoms with Crippen LogP contribution in [0, 0.1) is 6.92 Å². The van der Waals surface area contributed by atoms with E-state index in [1.165, 1.54) is 12.3 Å². The van der Waals surface area contributed by atoms with Gasteiger partial charge in [-0.25, -0.2) is 18.4 Å². The number of benzene rings is 1. The van der Waals surface area contributed by atoms with Crippen LogP contribution in [0.2, 0.25) is 0 Å². The normalized spacial score (nSPS) is 18.5. The highest BCUT2D eigenvalue weighted by Crippen LogP contribution is 2.22. The Morgan fingerprint density at radius 3 is 2.81 bits per heavy atom. The van der Waals surface area contributed by atoms with Crippen molar-refractivity contribution in [1.29, 1.82) is 0 Å². The van der Waals surface area contributed by atoms with Crippen LogP contribution in [0.3, 0.4) is 0 Å². The first-order valence-electron chi connectivity index (χ1n) is 8.58. The van der Waals surface area contributed by atoms with Crippen molar-refractivity contribution in [2.45, 2.75) is 32.7 Å². The molecule has 26 heavy (non-hydrogen) atoms. The highest BCUT2D eigenvalue weighted by atomic mass is 32.2. The Morgan fingerprint density at radius 2 is 2.12 bits per heavy atom. The molecule has 2 heterocycles. The van der Waals surface area contributed by atoms with Crippen molar-refractivity contribution >= 4 is 27.4 Å². The fraction of sp³-hybridized carbons (Fsp3) is 0.389. The highest BCUT2D eigenvalue weighted by Gasteiger charge is 2.28. The zero-order valence-corrected chi connectivity index (χ0v) is 15.6. The van der Waals surface area contributed by atoms with Crippen molar-refractivity contribution in [3.63, 3.8) is 0 Å². The van der Waals surface area contributed by atoms with E-state index in [-0.39, 0.29) is 35.1 Å². The van der Waals surface area contributed by atoms with E-state index in [4.69, 9.17) is 0 Å². The summed E-state index contributed by atoms with van der Waals surface area (Å²) in [4.78, 5) is 20.9. The number of hydrogen-bond donors (Lipinski definition) is 2. The number of carbonyl (C=O) groups is 1. The van der Waals surface area contributed by atoms with E-state index in [0.717, 1.165) is 23.2 Å². The molecule has 0 saturated carbocycles. The monoisotopic (exact) mass is 374 g/mol. The molecule has 1 atom stereocenters. The Morgan fingerprint density at radius 1 is 1.31 bits per heavy atom. The molecule has 1 aliphatic heterocycles. The van der Waals surface area contributed by atoms with E-state index >= 15 is 0 Å². The molecule has 1 fully saturated rings. The molecule has 1 aliphatic rings. The smallest absolute Gasteiger partial charge is 0.274 e. The third-order valence-electron chi connectivity index (χ3n) is 4.43. The van der Waals surface area contributed by atoms with Gasteiger partial charge >= 0.3 is 0 Å². The van der Waals surface area contributed by atoms with E-state index in [9.17, 15) is 13.2 Å². The van der Waals surface area contributed by atoms with Crippen LogP contribution in [0.25, 0.3) is 0 Å². The number of para-hydroxylation sites is 1. The summed E-state index contributed by atoms with van der Waals surface area (Å²) < 4.78 is 23.1. The third kappa shape index (κ3) is 4.19. The van der Waals surface area contributed by atoms with Gasteiger partial charge in [0.1, 0.15) is 5.69 Å². The zero-order chi connectivity index (χ0) is 18.7. The lowest BCUT2D eigenvalue weighted by Gasteiger charge is -2.14. The minimum atomic E-state index is -2.99. The van der Waals surface area contributed by atoms with E-state index in [0.29, 0.717) is 6.42 Å². The summed E-state index contributed by atoms with van der Waals surface area (Å²) in [6.45, 7) is 3.98. The minimum Gasteiger partial charge on any atom is -0.350 e. The molecule has 1 amide bonds. The Balaban J connectivity index is 1.75. The molecule has 0 spiro atoms. The fourth-order valence-corrected chi connectivity index (χ4v) is 4.70. The van der Waals surface area contributed by atoms with Crippen LogP contribution in [0.5, 0.6) is 0 Å². The number of sulfone groups is 1. The SMILES string of the molecule is CCc1cccc(C)c1NC(=O)c1ccnc(NC2CCS(=O)(=O)C2)n1. The predicted molar refractivity (Wildman–Crippen MR) is 101 cm³/mol. The standard InChI is InChI=1S/C18H22N4O3S/c1-3-13-6-4-5-12(2)16(13)22-17(23)15-7-9-19-18(21-15)20-14-8-10-26(24,25)11-14/h4-7,9,14H,3,8,10-11H2,1-2H3,(H,22,23)(H,19,20,21). The summed E-state index contributed by atoms with van der Waals surface area (Å²) in [6, 6.07) is 7.21. The number of aryl methyl sites for hydroxylation is 2. The second-order valence-electron chi connectivity index (χ2n) is 6.43. The summed E-state index contributed by atoms with van der Waals surface area (Å²) in [5, 5.41) is 5.94. The molecule has 3 rings (SSSR count). The number of hydrogen-bond acceptors (Lipinski definition) is 6. The zero-order valence-electron chi connectivity index (χ0n) is 14.8. The Hall–Kier alpha value is -2.48. The number of amides is 1. The van der Waals surface area contributed by atoms with Crippen LogP contribution >= 0.6 is 0 Å². The van der Waals surface area contributed by atoms with Crippen molar-refractivity contribution in [3.05, 3.63) is 47.3 Å². The number of carbonyl (C=O) groups excluding carboxylic acids is 1. The fourth-order valence-electron chi connectivity index (χ4n) is 3.03. The van der Waals surface area contributed by atoms with Crippen LogP contribution in [0.4, 0.5) is 11.6 Å². The summed E-state index contributed by atoms with van der Waals surface area (Å²) in [6.07, 6.45) is 2.82. The maximum Gasteiger partial charge on any atom is 0.274 e. The predicted octanol–water partition coefficient (Wildman–Crippen LogP) is 2.20. The van der Waals surface area contributed by atoms with Crippen LogP contribution in [0.15, 0.2) is 30.5 Å². The molecule has 0 aliphatic carbocycles. The van der Waals surface area contributed by atoms with Crippen LogP contribution in [-0.2, 0) is 16.3 Å². The maximum absolute atomic E-state index is 12.6. The van der Waals surface area contributed by atoms with Gasteiger partial charge in [-0.05, 0) is 37.0 Å². The van der Waals surface area contributed by atoms with E-state index < -0.39 is 9.84 Å². The molecule has 7 nitrogen and oxygen atoms in total. The Labute approximate surface area is 153 Å². The second-order valence-corrected chi connectivity index (χ2v) is 8.66. The van der Waals surface area contributed by atoms with E-state index in [2.05, 4.69) is 20.6 Å². The van der Waals surface area contributed by atoms with Crippen molar-refractivity contribution in [2.75, 3.05) is 22.1 Å². The highest BCUT2D eigenvalue weighted by molar-refractivity contribution is 7.91. The largest absolute Gasteiger partial charge is 0.350 e. The second kappa shape index (κ2) is 7.41. The third-order valence-corrected chi connectivity index (χ3v) is 6.20. The van der Waals surface area contributed by atoms with Gasteiger partial charge in [0.25, 0.3) is 5.91 Å². The van der Waals surface area contributed by atoms with E-state index in [1.807, 2.05) is 32.0 Å². The van der Waals surface area contributed by atoms with Gasteiger partial charge in [-0.2, -0.15) is 0 Å². The van der Waals surface area contributed by atoms with Crippen molar-refractivity contribution in [2.24, 2.45) is 0 Å². The van der Waals surface area contributed by atoms with Crippen LogP contribution in [-0.4, -0.2) is 41.8 Å². The average Bonchev–Trinajstić information content (AvgIpc) is 2.95. The van der Waals surface area contributed by atoms with Gasteiger partial charge in [-0.15, -0.1) is 0 Å². The minimum absolute atomic E-state index is 0.0653. The number of aromatic nitrogens is 2. The molecule has 0 radical (unpaired) electrons. The molecular weight excluding hydrogens is 352 g/mol. The van der Waals surface area contributed by atoms with Gasteiger partial charge in [0.15, 0.2) is 9.84 Å². The van der Waals surface area contributed by atoms with Gasteiger partial charge in [0, 0.05) is 17.9 Å². The van der Waals surface area contributed by atoms with Crippen LogP contribution < -0.4 is 10.6 Å². The van der Waals surface area contributed by atoms with E-state index in [1.54, 1.807) is 0 Å². The van der Waals surface area contributed by atoms with Crippen LogP contribution in [0.1, 0.15) is 35.0 Å². The van der Waals surface area contributed by atoms with Crippen molar-refractivity contribution in [1.82, 2.24) is 9.97 Å². The summed E-state index contributed by atoms with van der Waals surface area (Å²) in [7, 11) is -2.99. The molecule has 2 N–H and O–H groups in total. The molecular formula is C18H22N4O3S. The van der Waals surface area contributed by atoms with Gasteiger partial charge in [0.2, 0.25) is 5.95 Å². The summed E-state index contributed by atoms with van der Waals surface area (Å²) in [5.74, 6) is 0.173. The number of anilines is 2.